The first kappa shape index (κ1) is 11.8. The van der Waals surface area contributed by atoms with Gasteiger partial charge in [-0.05, 0) is 67.7 Å². The van der Waals surface area contributed by atoms with E-state index in [1.807, 2.05) is 0 Å². The molecule has 0 fully saturated rings. The van der Waals surface area contributed by atoms with Crippen LogP contribution in [0.2, 0.25) is 0 Å². The summed E-state index contributed by atoms with van der Waals surface area (Å²) in [5.74, 6) is 0. The Hall–Kier alpha value is -2.80. The molecule has 0 aliphatic heterocycles. The zero-order valence-corrected chi connectivity index (χ0v) is 12.4. The lowest BCUT2D eigenvalue weighted by Crippen LogP contribution is -1.93. The first-order valence-corrected chi connectivity index (χ1v) is 7.59. The van der Waals surface area contributed by atoms with Crippen LogP contribution in [0.15, 0.2) is 60.7 Å². The molecular weight excluding hydrogens is 266 g/mol. The van der Waals surface area contributed by atoms with E-state index in [0.29, 0.717) is 0 Å². The quantitative estimate of drug-likeness (QED) is 0.222. The molecule has 0 saturated heterocycles. The van der Waals surface area contributed by atoms with Gasteiger partial charge in [-0.25, -0.2) is 0 Å². The molecule has 0 saturated carbocycles. The molecule has 0 spiro atoms. The molecule has 5 aromatic rings. The Morgan fingerprint density at radius 1 is 0.636 bits per heavy atom. The minimum absolute atomic E-state index is 0.871. The third-order valence-corrected chi connectivity index (χ3v) is 4.94. The van der Waals surface area contributed by atoms with E-state index in [9.17, 15) is 0 Å². The molecule has 0 bridgehead atoms. The van der Waals surface area contributed by atoms with E-state index >= 15 is 0 Å². The number of benzene rings is 5. The fourth-order valence-corrected chi connectivity index (χ4v) is 3.79. The smallest absolute Gasteiger partial charge is 0.0356 e. The lowest BCUT2D eigenvalue weighted by atomic mass is 9.89. The molecule has 2 N–H and O–H groups in total. The Kier molecular flexibility index (Phi) is 2.09. The number of hydrogen-bond donors (Lipinski definition) is 1. The molecule has 0 aromatic heterocycles. The molecule has 0 amide bonds. The van der Waals surface area contributed by atoms with E-state index in [0.717, 1.165) is 5.69 Å². The van der Waals surface area contributed by atoms with Crippen molar-refractivity contribution in [1.82, 2.24) is 0 Å². The summed E-state index contributed by atoms with van der Waals surface area (Å²) in [5, 5.41) is 10.4. The van der Waals surface area contributed by atoms with Crippen molar-refractivity contribution in [2.24, 2.45) is 0 Å². The van der Waals surface area contributed by atoms with E-state index in [1.54, 1.807) is 0 Å². The molecule has 104 valence electrons. The molecule has 22 heavy (non-hydrogen) atoms. The average molecular weight is 281 g/mol. The molecule has 0 radical (unpaired) electrons. The van der Waals surface area contributed by atoms with Crippen LogP contribution in [0.4, 0.5) is 5.69 Å². The molecule has 1 nitrogen and oxygen atoms in total. The van der Waals surface area contributed by atoms with Crippen molar-refractivity contribution in [3.05, 3.63) is 66.2 Å². The molecule has 0 unspecified atom stereocenters. The lowest BCUT2D eigenvalue weighted by Gasteiger charge is -2.15. The monoisotopic (exact) mass is 281 g/mol. The number of hydrogen-bond acceptors (Lipinski definition) is 1. The molecule has 0 atom stereocenters. The van der Waals surface area contributed by atoms with Gasteiger partial charge in [0.15, 0.2) is 0 Å². The van der Waals surface area contributed by atoms with Crippen LogP contribution in [0.25, 0.3) is 43.1 Å². The van der Waals surface area contributed by atoms with Gasteiger partial charge in [0, 0.05) is 5.69 Å². The lowest BCUT2D eigenvalue weighted by molar-refractivity contribution is 1.54. The Labute approximate surface area is 128 Å². The first-order valence-electron chi connectivity index (χ1n) is 7.59. The molecule has 1 heteroatoms. The van der Waals surface area contributed by atoms with Crippen molar-refractivity contribution in [2.75, 3.05) is 5.73 Å². The number of aryl methyl sites for hydroxylation is 1. The van der Waals surface area contributed by atoms with Crippen molar-refractivity contribution in [2.45, 2.75) is 6.92 Å². The van der Waals surface area contributed by atoms with E-state index in [1.165, 1.54) is 48.7 Å². The standard InChI is InChI=1S/C21H15N/c1-12-16-8-6-14-10-13-4-2-3-5-17(13)18-9-7-15(11-19(12)22)20(16)21(14)18/h2-11H,22H2,1H3. The number of nitrogens with two attached hydrogens (primary N) is 1. The second-order valence-electron chi connectivity index (χ2n) is 6.11. The van der Waals surface area contributed by atoms with Crippen molar-refractivity contribution < 1.29 is 0 Å². The normalized spacial score (nSPS) is 12.0. The Morgan fingerprint density at radius 2 is 1.32 bits per heavy atom. The van der Waals surface area contributed by atoms with Crippen LogP contribution in [0, 0.1) is 6.92 Å². The van der Waals surface area contributed by atoms with Crippen LogP contribution in [0.5, 0.6) is 0 Å². The number of rotatable bonds is 0. The fraction of sp³-hybridized carbons (Fsp3) is 0.0476. The molecule has 0 aliphatic carbocycles. The minimum atomic E-state index is 0.871. The van der Waals surface area contributed by atoms with Gasteiger partial charge in [0.1, 0.15) is 0 Å². The van der Waals surface area contributed by atoms with Gasteiger partial charge in [-0.2, -0.15) is 0 Å². The summed E-state index contributed by atoms with van der Waals surface area (Å²) in [5.41, 5.74) is 8.23. The van der Waals surface area contributed by atoms with E-state index < -0.39 is 0 Å². The van der Waals surface area contributed by atoms with Crippen molar-refractivity contribution in [3.8, 4) is 0 Å². The molecule has 5 aromatic carbocycles. The van der Waals surface area contributed by atoms with Gasteiger partial charge in [-0.3, -0.25) is 0 Å². The predicted octanol–water partition coefficient (Wildman–Crippen LogP) is 5.63. The summed E-state index contributed by atoms with van der Waals surface area (Å²) in [6, 6.07) is 21.9. The van der Waals surface area contributed by atoms with E-state index in [2.05, 4.69) is 67.6 Å². The predicted molar refractivity (Wildman–Crippen MR) is 96.8 cm³/mol. The van der Waals surface area contributed by atoms with E-state index in [4.69, 9.17) is 5.73 Å². The van der Waals surface area contributed by atoms with Crippen LogP contribution in [0.1, 0.15) is 5.56 Å². The Balaban J connectivity index is 2.19. The largest absolute Gasteiger partial charge is 0.398 e. The summed E-state index contributed by atoms with van der Waals surface area (Å²) in [7, 11) is 0. The van der Waals surface area contributed by atoms with Gasteiger partial charge >= 0.3 is 0 Å². The Morgan fingerprint density at radius 3 is 2.18 bits per heavy atom. The fourth-order valence-electron chi connectivity index (χ4n) is 3.79. The first-order chi connectivity index (χ1) is 10.7. The summed E-state index contributed by atoms with van der Waals surface area (Å²) < 4.78 is 0. The third kappa shape index (κ3) is 1.33. The summed E-state index contributed by atoms with van der Waals surface area (Å²) >= 11 is 0. The van der Waals surface area contributed by atoms with Gasteiger partial charge in [0.25, 0.3) is 0 Å². The van der Waals surface area contributed by atoms with Crippen LogP contribution in [-0.4, -0.2) is 0 Å². The molecular formula is C21H15N. The molecule has 5 rings (SSSR count). The second kappa shape index (κ2) is 3.89. The summed E-state index contributed by atoms with van der Waals surface area (Å²) in [6.07, 6.45) is 0. The van der Waals surface area contributed by atoms with E-state index in [-0.39, 0.29) is 0 Å². The number of fused-ring (bicyclic) bond motifs is 2. The van der Waals surface area contributed by atoms with Crippen LogP contribution >= 0.6 is 0 Å². The summed E-state index contributed by atoms with van der Waals surface area (Å²) in [4.78, 5) is 0. The van der Waals surface area contributed by atoms with Gasteiger partial charge in [-0.1, -0.05) is 48.5 Å². The molecule has 0 heterocycles. The van der Waals surface area contributed by atoms with Gasteiger partial charge in [0.2, 0.25) is 0 Å². The minimum Gasteiger partial charge on any atom is -0.398 e. The SMILES string of the molecule is Cc1c(N)cc2ccc3c4ccccc4cc4ccc1c2c43. The van der Waals surface area contributed by atoms with Gasteiger partial charge < -0.3 is 5.73 Å². The van der Waals surface area contributed by atoms with Gasteiger partial charge in [-0.15, -0.1) is 0 Å². The van der Waals surface area contributed by atoms with Crippen molar-refractivity contribution in [3.63, 3.8) is 0 Å². The zero-order valence-electron chi connectivity index (χ0n) is 12.4. The van der Waals surface area contributed by atoms with Crippen LogP contribution in [-0.2, 0) is 0 Å². The highest BCUT2D eigenvalue weighted by Gasteiger charge is 2.13. The van der Waals surface area contributed by atoms with Crippen molar-refractivity contribution >= 4 is 48.8 Å². The molecule has 0 aliphatic rings. The third-order valence-electron chi connectivity index (χ3n) is 4.94. The second-order valence-corrected chi connectivity index (χ2v) is 6.11. The highest BCUT2D eigenvalue weighted by Crippen LogP contribution is 2.40. The maximum absolute atomic E-state index is 6.18. The van der Waals surface area contributed by atoms with Crippen LogP contribution < -0.4 is 5.73 Å². The topological polar surface area (TPSA) is 26.0 Å². The average Bonchev–Trinajstić information content (AvgIpc) is 2.55. The highest BCUT2D eigenvalue weighted by molar-refractivity contribution is 6.29. The number of anilines is 1. The van der Waals surface area contributed by atoms with Gasteiger partial charge in [0.05, 0.1) is 0 Å². The summed E-state index contributed by atoms with van der Waals surface area (Å²) in [6.45, 7) is 2.11. The van der Waals surface area contributed by atoms with Crippen molar-refractivity contribution in [1.29, 1.82) is 0 Å². The maximum atomic E-state index is 6.18. The number of nitrogen functional groups attached to an aromatic ring is 1. The zero-order chi connectivity index (χ0) is 14.8. The Bertz CT molecular complexity index is 1180. The van der Waals surface area contributed by atoms with Crippen LogP contribution in [0.3, 0.4) is 0 Å². The highest BCUT2D eigenvalue weighted by atomic mass is 14.6. The maximum Gasteiger partial charge on any atom is 0.0356 e.